The Kier molecular flexibility index (Phi) is 7.49. The number of methoxy groups -OCH3 is 1. The van der Waals surface area contributed by atoms with Gasteiger partial charge < -0.3 is 9.64 Å². The molecular weight excluding hydrogens is 264 g/mol. The van der Waals surface area contributed by atoms with E-state index in [0.717, 1.165) is 18.4 Å². The summed E-state index contributed by atoms with van der Waals surface area (Å²) in [6, 6.07) is 11.5. The lowest BCUT2D eigenvalue weighted by atomic mass is 9.97. The third kappa shape index (κ3) is 4.57. The summed E-state index contributed by atoms with van der Waals surface area (Å²) >= 11 is 0. The highest BCUT2D eigenvalue weighted by Gasteiger charge is 2.29. The van der Waals surface area contributed by atoms with Gasteiger partial charge in [-0.25, -0.2) is 0 Å². The van der Waals surface area contributed by atoms with Gasteiger partial charge in [0.05, 0.1) is 12.7 Å². The number of carbonyl (C=O) groups excluding carboxylic acids is 1. The summed E-state index contributed by atoms with van der Waals surface area (Å²) in [4.78, 5) is 14.6. The zero-order valence-electron chi connectivity index (χ0n) is 13.1. The van der Waals surface area contributed by atoms with E-state index in [4.69, 9.17) is 4.74 Å². The van der Waals surface area contributed by atoms with E-state index in [1.54, 1.807) is 12.0 Å². The van der Waals surface area contributed by atoms with Crippen LogP contribution >= 0.6 is 0 Å². The molecule has 21 heavy (non-hydrogen) atoms. The predicted molar refractivity (Wildman–Crippen MR) is 82.8 cm³/mol. The summed E-state index contributed by atoms with van der Waals surface area (Å²) in [7, 11) is 1.62. The third-order valence-corrected chi connectivity index (χ3v) is 3.71. The molecular formula is C17H24N2O2. The molecule has 1 aromatic rings. The quantitative estimate of drug-likeness (QED) is 0.739. The van der Waals surface area contributed by atoms with Gasteiger partial charge in [-0.05, 0) is 18.4 Å². The average molecular weight is 288 g/mol. The predicted octanol–water partition coefficient (Wildman–Crippen LogP) is 2.96. The van der Waals surface area contributed by atoms with Gasteiger partial charge in [0.1, 0.15) is 5.92 Å². The minimum Gasteiger partial charge on any atom is -0.383 e. The summed E-state index contributed by atoms with van der Waals surface area (Å²) in [6.45, 7) is 5.12. The second kappa shape index (κ2) is 9.15. The molecule has 0 saturated heterocycles. The maximum atomic E-state index is 12.8. The van der Waals surface area contributed by atoms with E-state index in [1.807, 2.05) is 30.3 Å². The van der Waals surface area contributed by atoms with Crippen LogP contribution in [0.1, 0.15) is 38.2 Å². The van der Waals surface area contributed by atoms with Crippen LogP contribution in [0, 0.1) is 11.3 Å². The Labute approximate surface area is 127 Å². The first kappa shape index (κ1) is 17.2. The molecule has 0 aromatic heterocycles. The van der Waals surface area contributed by atoms with Crippen molar-refractivity contribution in [2.75, 3.05) is 20.3 Å². The summed E-state index contributed by atoms with van der Waals surface area (Å²) in [5.74, 6) is -0.877. The fourth-order valence-corrected chi connectivity index (χ4v) is 2.48. The molecule has 0 radical (unpaired) electrons. The number of hydrogen-bond donors (Lipinski definition) is 0. The van der Waals surface area contributed by atoms with Crippen LogP contribution in [0.5, 0.6) is 0 Å². The van der Waals surface area contributed by atoms with Crippen LogP contribution in [0.3, 0.4) is 0 Å². The molecule has 4 heteroatoms. The molecule has 0 N–H and O–H groups in total. The molecule has 1 amide bonds. The van der Waals surface area contributed by atoms with Crippen molar-refractivity contribution in [2.45, 2.75) is 38.6 Å². The van der Waals surface area contributed by atoms with Crippen molar-refractivity contribution in [1.82, 2.24) is 4.90 Å². The lowest BCUT2D eigenvalue weighted by Crippen LogP contribution is -2.44. The third-order valence-electron chi connectivity index (χ3n) is 3.71. The molecule has 4 nitrogen and oxygen atoms in total. The maximum Gasteiger partial charge on any atom is 0.244 e. The molecule has 0 saturated carbocycles. The SMILES string of the molecule is CCC(CC)N(CCOC)C(=O)C(C#N)c1ccccc1. The van der Waals surface area contributed by atoms with Gasteiger partial charge in [-0.2, -0.15) is 5.26 Å². The summed E-state index contributed by atoms with van der Waals surface area (Å²) in [5, 5.41) is 9.42. The van der Waals surface area contributed by atoms with Crippen molar-refractivity contribution in [3.63, 3.8) is 0 Å². The second-order valence-corrected chi connectivity index (χ2v) is 4.97. The van der Waals surface area contributed by atoms with Crippen molar-refractivity contribution in [3.05, 3.63) is 35.9 Å². The number of benzene rings is 1. The van der Waals surface area contributed by atoms with Crippen LogP contribution in [0.15, 0.2) is 30.3 Å². The maximum absolute atomic E-state index is 12.8. The van der Waals surface area contributed by atoms with Gasteiger partial charge >= 0.3 is 0 Å². The van der Waals surface area contributed by atoms with Crippen LogP contribution in [-0.2, 0) is 9.53 Å². The Hall–Kier alpha value is -1.86. The van der Waals surface area contributed by atoms with Crippen molar-refractivity contribution in [3.8, 4) is 6.07 Å². The van der Waals surface area contributed by atoms with E-state index in [-0.39, 0.29) is 11.9 Å². The molecule has 1 aromatic carbocycles. The van der Waals surface area contributed by atoms with Crippen LogP contribution in [0.4, 0.5) is 0 Å². The van der Waals surface area contributed by atoms with Crippen LogP contribution in [-0.4, -0.2) is 37.1 Å². The zero-order chi connectivity index (χ0) is 15.7. The topological polar surface area (TPSA) is 53.3 Å². The lowest BCUT2D eigenvalue weighted by Gasteiger charge is -2.32. The number of ether oxygens (including phenoxy) is 1. The lowest BCUT2D eigenvalue weighted by molar-refractivity contribution is -0.134. The first-order valence-corrected chi connectivity index (χ1v) is 7.43. The Morgan fingerprint density at radius 2 is 1.90 bits per heavy atom. The molecule has 1 rings (SSSR count). The molecule has 1 atom stereocenters. The van der Waals surface area contributed by atoms with E-state index in [0.29, 0.717) is 13.2 Å². The highest BCUT2D eigenvalue weighted by Crippen LogP contribution is 2.21. The number of rotatable bonds is 8. The molecule has 114 valence electrons. The van der Waals surface area contributed by atoms with E-state index in [2.05, 4.69) is 19.9 Å². The van der Waals surface area contributed by atoms with Crippen molar-refractivity contribution < 1.29 is 9.53 Å². The fraction of sp³-hybridized carbons (Fsp3) is 0.529. The summed E-state index contributed by atoms with van der Waals surface area (Å²) in [6.07, 6.45) is 1.75. The minimum atomic E-state index is -0.747. The van der Waals surface area contributed by atoms with Gasteiger partial charge in [0.25, 0.3) is 0 Å². The summed E-state index contributed by atoms with van der Waals surface area (Å²) < 4.78 is 5.10. The van der Waals surface area contributed by atoms with E-state index in [1.165, 1.54) is 0 Å². The first-order chi connectivity index (χ1) is 10.2. The van der Waals surface area contributed by atoms with Gasteiger partial charge in [-0.3, -0.25) is 4.79 Å². The number of hydrogen-bond acceptors (Lipinski definition) is 3. The Morgan fingerprint density at radius 3 is 2.38 bits per heavy atom. The minimum absolute atomic E-state index is 0.130. The molecule has 0 spiro atoms. The molecule has 0 aliphatic heterocycles. The summed E-state index contributed by atoms with van der Waals surface area (Å²) in [5.41, 5.74) is 0.748. The number of nitrogens with zero attached hydrogens (tertiary/aromatic N) is 2. The average Bonchev–Trinajstić information content (AvgIpc) is 2.53. The van der Waals surface area contributed by atoms with Crippen LogP contribution < -0.4 is 0 Å². The second-order valence-electron chi connectivity index (χ2n) is 4.97. The zero-order valence-corrected chi connectivity index (χ0v) is 13.1. The fourth-order valence-electron chi connectivity index (χ4n) is 2.48. The number of carbonyl (C=O) groups is 1. The number of nitriles is 1. The van der Waals surface area contributed by atoms with Crippen molar-refractivity contribution >= 4 is 5.91 Å². The Morgan fingerprint density at radius 1 is 1.29 bits per heavy atom. The van der Waals surface area contributed by atoms with E-state index < -0.39 is 5.92 Å². The molecule has 0 heterocycles. The van der Waals surface area contributed by atoms with Gasteiger partial charge in [0, 0.05) is 19.7 Å². The molecule has 0 aliphatic carbocycles. The van der Waals surface area contributed by atoms with E-state index in [9.17, 15) is 10.1 Å². The van der Waals surface area contributed by atoms with Gasteiger partial charge in [-0.15, -0.1) is 0 Å². The molecule has 1 unspecified atom stereocenters. The van der Waals surface area contributed by atoms with Crippen molar-refractivity contribution in [1.29, 1.82) is 5.26 Å². The smallest absolute Gasteiger partial charge is 0.244 e. The van der Waals surface area contributed by atoms with Crippen molar-refractivity contribution in [2.24, 2.45) is 0 Å². The standard InChI is InChI=1S/C17H24N2O2/c1-4-15(5-2)19(11-12-21-3)17(20)16(13-18)14-9-7-6-8-10-14/h6-10,15-16H,4-5,11-12H2,1-3H3. The molecule has 0 aliphatic rings. The molecule has 0 fully saturated rings. The first-order valence-electron chi connectivity index (χ1n) is 7.43. The van der Waals surface area contributed by atoms with Crippen LogP contribution in [0.25, 0.3) is 0 Å². The Balaban J connectivity index is 2.99. The largest absolute Gasteiger partial charge is 0.383 e. The molecule has 0 bridgehead atoms. The monoisotopic (exact) mass is 288 g/mol. The van der Waals surface area contributed by atoms with Gasteiger partial charge in [-0.1, -0.05) is 44.2 Å². The Bertz CT molecular complexity index is 463. The number of amides is 1. The normalized spacial score (nSPS) is 12.0. The van der Waals surface area contributed by atoms with Gasteiger partial charge in [0.2, 0.25) is 5.91 Å². The highest BCUT2D eigenvalue weighted by molar-refractivity contribution is 5.86. The van der Waals surface area contributed by atoms with Gasteiger partial charge in [0.15, 0.2) is 0 Å². The van der Waals surface area contributed by atoms with E-state index >= 15 is 0 Å². The van der Waals surface area contributed by atoms with Crippen LogP contribution in [0.2, 0.25) is 0 Å². The highest BCUT2D eigenvalue weighted by atomic mass is 16.5.